The predicted octanol–water partition coefficient (Wildman–Crippen LogP) is 4.31. The van der Waals surface area contributed by atoms with Crippen molar-refractivity contribution in [1.29, 1.82) is 0 Å². The lowest BCUT2D eigenvalue weighted by molar-refractivity contribution is 0.596. The molecule has 0 radical (unpaired) electrons. The third-order valence-corrected chi connectivity index (χ3v) is 3.74. The van der Waals surface area contributed by atoms with Crippen LogP contribution in [0.5, 0.6) is 0 Å². The zero-order valence-electron chi connectivity index (χ0n) is 10.5. The van der Waals surface area contributed by atoms with Gasteiger partial charge in [0.25, 0.3) is 0 Å². The molecule has 0 fully saturated rings. The Morgan fingerprint density at radius 2 is 1.94 bits per heavy atom. The van der Waals surface area contributed by atoms with Crippen LogP contribution in [0, 0.1) is 12.7 Å². The van der Waals surface area contributed by atoms with Crippen LogP contribution in [0.3, 0.4) is 0 Å². The first-order valence-corrected chi connectivity index (χ1v) is 6.67. The highest BCUT2D eigenvalue weighted by Crippen LogP contribution is 2.31. The van der Waals surface area contributed by atoms with Gasteiger partial charge in [-0.15, -0.1) is 0 Å². The zero-order valence-corrected chi connectivity index (χ0v) is 11.3. The van der Waals surface area contributed by atoms with Crippen LogP contribution in [-0.4, -0.2) is 0 Å². The minimum atomic E-state index is -0.212. The molecular formula is C15H16FNS. The quantitative estimate of drug-likeness (QED) is 0.891. The van der Waals surface area contributed by atoms with Crippen molar-refractivity contribution in [3.8, 4) is 0 Å². The Bertz CT molecular complexity index is 552. The average Bonchev–Trinajstić information content (AvgIpc) is 2.31. The van der Waals surface area contributed by atoms with Crippen LogP contribution in [0.4, 0.5) is 4.39 Å². The minimum absolute atomic E-state index is 0.141. The van der Waals surface area contributed by atoms with Crippen LogP contribution in [0.2, 0.25) is 0 Å². The van der Waals surface area contributed by atoms with E-state index in [-0.39, 0.29) is 11.9 Å². The standard InChI is InChI=1S/C15H16FNS/c1-10-4-3-5-13(8-10)18-15-7-6-12(11(2)17)9-14(15)16/h3-9,11H,17H2,1-2H3/t11-/m1/s1. The normalized spacial score (nSPS) is 12.4. The second kappa shape index (κ2) is 5.55. The Kier molecular flexibility index (Phi) is 4.04. The van der Waals surface area contributed by atoms with E-state index in [0.717, 1.165) is 10.5 Å². The smallest absolute Gasteiger partial charge is 0.137 e. The van der Waals surface area contributed by atoms with E-state index in [2.05, 4.69) is 0 Å². The van der Waals surface area contributed by atoms with Crippen molar-refractivity contribution in [1.82, 2.24) is 0 Å². The maximum atomic E-state index is 13.9. The first-order chi connectivity index (χ1) is 8.56. The van der Waals surface area contributed by atoms with Gasteiger partial charge in [-0.05, 0) is 43.7 Å². The summed E-state index contributed by atoms with van der Waals surface area (Å²) >= 11 is 1.43. The number of nitrogens with two attached hydrogens (primary N) is 1. The Morgan fingerprint density at radius 3 is 2.56 bits per heavy atom. The fourth-order valence-corrected chi connectivity index (χ4v) is 2.63. The van der Waals surface area contributed by atoms with Crippen molar-refractivity contribution in [2.75, 3.05) is 0 Å². The molecule has 1 atom stereocenters. The van der Waals surface area contributed by atoms with E-state index in [1.165, 1.54) is 23.4 Å². The number of aryl methyl sites for hydroxylation is 1. The van der Waals surface area contributed by atoms with E-state index in [9.17, 15) is 4.39 Å². The fourth-order valence-electron chi connectivity index (χ4n) is 1.69. The number of halogens is 1. The molecule has 2 aromatic carbocycles. The van der Waals surface area contributed by atoms with Crippen molar-refractivity contribution in [2.24, 2.45) is 5.73 Å². The SMILES string of the molecule is Cc1cccc(Sc2ccc([C@@H](C)N)cc2F)c1. The number of benzene rings is 2. The summed E-state index contributed by atoms with van der Waals surface area (Å²) < 4.78 is 13.9. The minimum Gasteiger partial charge on any atom is -0.324 e. The van der Waals surface area contributed by atoms with Gasteiger partial charge >= 0.3 is 0 Å². The van der Waals surface area contributed by atoms with E-state index in [0.29, 0.717) is 4.90 Å². The Labute approximate surface area is 111 Å². The van der Waals surface area contributed by atoms with Crippen LogP contribution in [0.15, 0.2) is 52.3 Å². The van der Waals surface area contributed by atoms with Gasteiger partial charge in [0.05, 0.1) is 0 Å². The van der Waals surface area contributed by atoms with Crippen molar-refractivity contribution in [2.45, 2.75) is 29.7 Å². The number of hydrogen-bond donors (Lipinski definition) is 1. The third-order valence-electron chi connectivity index (χ3n) is 2.70. The Balaban J connectivity index is 2.24. The summed E-state index contributed by atoms with van der Waals surface area (Å²) in [6.07, 6.45) is 0. The molecule has 0 amide bonds. The summed E-state index contributed by atoms with van der Waals surface area (Å²) in [7, 11) is 0. The van der Waals surface area contributed by atoms with E-state index >= 15 is 0 Å². The van der Waals surface area contributed by atoms with Crippen LogP contribution in [-0.2, 0) is 0 Å². The molecule has 0 saturated heterocycles. The molecule has 2 rings (SSSR count). The average molecular weight is 261 g/mol. The first-order valence-electron chi connectivity index (χ1n) is 5.86. The van der Waals surface area contributed by atoms with Gasteiger partial charge in [-0.3, -0.25) is 0 Å². The summed E-state index contributed by atoms with van der Waals surface area (Å²) in [4.78, 5) is 1.67. The zero-order chi connectivity index (χ0) is 13.1. The summed E-state index contributed by atoms with van der Waals surface area (Å²) in [5, 5.41) is 0. The molecule has 0 spiro atoms. The third kappa shape index (κ3) is 3.12. The Hall–Kier alpha value is -1.32. The molecule has 2 aromatic rings. The van der Waals surface area contributed by atoms with E-state index in [1.807, 2.05) is 44.2 Å². The largest absolute Gasteiger partial charge is 0.324 e. The van der Waals surface area contributed by atoms with Crippen LogP contribution in [0.25, 0.3) is 0 Å². The van der Waals surface area contributed by atoms with Crippen molar-refractivity contribution in [3.05, 3.63) is 59.4 Å². The van der Waals surface area contributed by atoms with Gasteiger partial charge in [-0.25, -0.2) is 4.39 Å². The fraction of sp³-hybridized carbons (Fsp3) is 0.200. The topological polar surface area (TPSA) is 26.0 Å². The highest BCUT2D eigenvalue weighted by Gasteiger charge is 2.07. The van der Waals surface area contributed by atoms with Gasteiger partial charge in [0, 0.05) is 15.8 Å². The van der Waals surface area contributed by atoms with Gasteiger partial charge in [0.1, 0.15) is 5.82 Å². The second-order valence-corrected chi connectivity index (χ2v) is 5.51. The maximum absolute atomic E-state index is 13.9. The Morgan fingerprint density at radius 1 is 1.17 bits per heavy atom. The summed E-state index contributed by atoms with van der Waals surface area (Å²) in [5.41, 5.74) is 7.73. The molecule has 18 heavy (non-hydrogen) atoms. The van der Waals surface area contributed by atoms with E-state index in [1.54, 1.807) is 6.07 Å². The molecule has 0 aromatic heterocycles. The molecule has 94 valence electrons. The molecule has 0 heterocycles. The van der Waals surface area contributed by atoms with Crippen LogP contribution in [0.1, 0.15) is 24.1 Å². The first kappa shape index (κ1) is 13.1. The molecule has 2 N–H and O–H groups in total. The lowest BCUT2D eigenvalue weighted by Crippen LogP contribution is -2.05. The number of hydrogen-bond acceptors (Lipinski definition) is 2. The van der Waals surface area contributed by atoms with Gasteiger partial charge in [0.15, 0.2) is 0 Å². The molecule has 1 nitrogen and oxygen atoms in total. The van der Waals surface area contributed by atoms with Gasteiger partial charge in [-0.2, -0.15) is 0 Å². The second-order valence-electron chi connectivity index (χ2n) is 4.40. The van der Waals surface area contributed by atoms with Crippen molar-refractivity contribution < 1.29 is 4.39 Å². The highest BCUT2D eigenvalue weighted by molar-refractivity contribution is 7.99. The van der Waals surface area contributed by atoms with Gasteiger partial charge < -0.3 is 5.73 Å². The van der Waals surface area contributed by atoms with Crippen LogP contribution >= 0.6 is 11.8 Å². The molecular weight excluding hydrogens is 245 g/mol. The molecule has 0 bridgehead atoms. The monoisotopic (exact) mass is 261 g/mol. The maximum Gasteiger partial charge on any atom is 0.137 e. The van der Waals surface area contributed by atoms with Gasteiger partial charge in [-0.1, -0.05) is 35.5 Å². The lowest BCUT2D eigenvalue weighted by Gasteiger charge is -2.08. The molecule has 0 aliphatic heterocycles. The number of rotatable bonds is 3. The summed E-state index contributed by atoms with van der Waals surface area (Å²) in [6, 6.07) is 13.1. The molecule has 0 aliphatic rings. The van der Waals surface area contributed by atoms with Crippen LogP contribution < -0.4 is 5.73 Å². The lowest BCUT2D eigenvalue weighted by atomic mass is 10.1. The summed E-state index contributed by atoms with van der Waals surface area (Å²) in [6.45, 7) is 3.88. The molecule has 0 unspecified atom stereocenters. The van der Waals surface area contributed by atoms with Crippen molar-refractivity contribution >= 4 is 11.8 Å². The molecule has 3 heteroatoms. The van der Waals surface area contributed by atoms with E-state index < -0.39 is 0 Å². The molecule has 0 aliphatic carbocycles. The van der Waals surface area contributed by atoms with Crippen molar-refractivity contribution in [3.63, 3.8) is 0 Å². The molecule has 0 saturated carbocycles. The van der Waals surface area contributed by atoms with E-state index in [4.69, 9.17) is 5.73 Å². The highest BCUT2D eigenvalue weighted by atomic mass is 32.2. The predicted molar refractivity (Wildman–Crippen MR) is 74.3 cm³/mol. The van der Waals surface area contributed by atoms with Gasteiger partial charge in [0.2, 0.25) is 0 Å². The summed E-state index contributed by atoms with van der Waals surface area (Å²) in [5.74, 6) is -0.212.